The lowest BCUT2D eigenvalue weighted by molar-refractivity contribution is -0.189. The first-order valence-corrected chi connectivity index (χ1v) is 10.0. The number of halogens is 3. The molecule has 0 atom stereocenters. The molecule has 6 nitrogen and oxygen atoms in total. The van der Waals surface area contributed by atoms with Crippen molar-refractivity contribution in [1.29, 1.82) is 0 Å². The SMILES string of the molecule is COc1ccc(-c2oc3cc(OC)cc(OCc4ccccc4)c3c2OC(=O)C(F)(F)F)cc1. The summed E-state index contributed by atoms with van der Waals surface area (Å²) in [5.74, 6) is -1.86. The van der Waals surface area contributed by atoms with Crippen molar-refractivity contribution in [2.75, 3.05) is 14.2 Å². The second-order valence-electron chi connectivity index (χ2n) is 7.15. The van der Waals surface area contributed by atoms with Gasteiger partial charge in [-0.1, -0.05) is 30.3 Å². The lowest BCUT2D eigenvalue weighted by Crippen LogP contribution is -2.28. The summed E-state index contributed by atoms with van der Waals surface area (Å²) in [5.41, 5.74) is 1.32. The Morgan fingerprint density at radius 3 is 2.21 bits per heavy atom. The largest absolute Gasteiger partial charge is 0.497 e. The van der Waals surface area contributed by atoms with Gasteiger partial charge in [-0.3, -0.25) is 0 Å². The van der Waals surface area contributed by atoms with Crippen LogP contribution in [-0.2, 0) is 11.4 Å². The Bertz CT molecular complexity index is 1290. The molecule has 1 heterocycles. The quantitative estimate of drug-likeness (QED) is 0.300. The van der Waals surface area contributed by atoms with E-state index in [2.05, 4.69) is 0 Å². The van der Waals surface area contributed by atoms with Crippen molar-refractivity contribution < 1.29 is 41.3 Å². The highest BCUT2D eigenvalue weighted by Gasteiger charge is 2.43. The Labute approximate surface area is 192 Å². The predicted octanol–water partition coefficient (Wildman–Crippen LogP) is 6.16. The fourth-order valence-corrected chi connectivity index (χ4v) is 3.29. The van der Waals surface area contributed by atoms with Gasteiger partial charge < -0.3 is 23.4 Å². The van der Waals surface area contributed by atoms with Crippen LogP contribution in [0, 0.1) is 0 Å². The summed E-state index contributed by atoms with van der Waals surface area (Å²) in [6, 6.07) is 18.5. The van der Waals surface area contributed by atoms with E-state index in [1.165, 1.54) is 26.4 Å². The second kappa shape index (κ2) is 9.38. The van der Waals surface area contributed by atoms with Gasteiger partial charge in [0.1, 0.15) is 34.8 Å². The van der Waals surface area contributed by atoms with Gasteiger partial charge >= 0.3 is 12.1 Å². The standard InChI is InChI=1S/C25H19F3O6/c1-30-17-10-8-16(9-11-17)22-23(34-24(29)25(26,27)28)21-19(12-18(31-2)13-20(21)33-22)32-14-15-6-4-3-5-7-15/h3-13H,14H2,1-2H3. The van der Waals surface area contributed by atoms with Crippen molar-refractivity contribution in [2.45, 2.75) is 12.8 Å². The number of hydrogen-bond donors (Lipinski definition) is 0. The Kier molecular flexibility index (Phi) is 6.36. The summed E-state index contributed by atoms with van der Waals surface area (Å²) >= 11 is 0. The number of carbonyl (C=O) groups excluding carboxylic acids is 1. The fourth-order valence-electron chi connectivity index (χ4n) is 3.29. The number of alkyl halides is 3. The van der Waals surface area contributed by atoms with Crippen LogP contribution in [0.15, 0.2) is 71.1 Å². The highest BCUT2D eigenvalue weighted by Crippen LogP contribution is 2.47. The molecule has 0 saturated carbocycles. The van der Waals surface area contributed by atoms with Crippen LogP contribution in [0.4, 0.5) is 13.2 Å². The summed E-state index contributed by atoms with van der Waals surface area (Å²) in [5, 5.41) is 0.0696. The average molecular weight is 472 g/mol. The molecule has 0 unspecified atom stereocenters. The summed E-state index contributed by atoms with van der Waals surface area (Å²) in [6.45, 7) is 0.110. The number of rotatable bonds is 7. The monoisotopic (exact) mass is 472 g/mol. The fraction of sp³-hybridized carbons (Fsp3) is 0.160. The van der Waals surface area contributed by atoms with Gasteiger partial charge in [-0.15, -0.1) is 0 Å². The Morgan fingerprint density at radius 1 is 0.912 bits per heavy atom. The minimum absolute atomic E-state index is 0.0696. The third kappa shape index (κ3) is 4.78. The van der Waals surface area contributed by atoms with Gasteiger partial charge in [0.25, 0.3) is 0 Å². The van der Waals surface area contributed by atoms with Crippen LogP contribution >= 0.6 is 0 Å². The zero-order valence-corrected chi connectivity index (χ0v) is 18.1. The van der Waals surface area contributed by atoms with E-state index in [1.807, 2.05) is 30.3 Å². The molecule has 176 valence electrons. The summed E-state index contributed by atoms with van der Waals surface area (Å²) in [7, 11) is 2.91. The third-order valence-electron chi connectivity index (χ3n) is 4.94. The van der Waals surface area contributed by atoms with Crippen LogP contribution in [0.1, 0.15) is 5.56 Å². The molecule has 0 aliphatic rings. The van der Waals surface area contributed by atoms with Gasteiger partial charge in [0, 0.05) is 17.7 Å². The van der Waals surface area contributed by atoms with Crippen molar-refractivity contribution in [3.8, 4) is 34.3 Å². The molecule has 3 aromatic carbocycles. The van der Waals surface area contributed by atoms with E-state index >= 15 is 0 Å². The maximum Gasteiger partial charge on any atom is 0.491 e. The van der Waals surface area contributed by atoms with E-state index in [9.17, 15) is 18.0 Å². The Morgan fingerprint density at radius 2 is 1.59 bits per heavy atom. The van der Waals surface area contributed by atoms with Crippen LogP contribution in [0.2, 0.25) is 0 Å². The molecule has 9 heteroatoms. The van der Waals surface area contributed by atoms with E-state index in [0.717, 1.165) is 5.56 Å². The van der Waals surface area contributed by atoms with Gasteiger partial charge in [-0.05, 0) is 29.8 Å². The molecule has 0 aliphatic heterocycles. The molecule has 0 N–H and O–H groups in total. The van der Waals surface area contributed by atoms with Crippen molar-refractivity contribution in [2.24, 2.45) is 0 Å². The molecule has 0 saturated heterocycles. The smallest absolute Gasteiger partial charge is 0.491 e. The van der Waals surface area contributed by atoms with Crippen molar-refractivity contribution in [1.82, 2.24) is 0 Å². The van der Waals surface area contributed by atoms with E-state index < -0.39 is 17.9 Å². The maximum absolute atomic E-state index is 13.1. The zero-order chi connectivity index (χ0) is 24.3. The Balaban J connectivity index is 1.87. The van der Waals surface area contributed by atoms with Crippen molar-refractivity contribution >= 4 is 16.9 Å². The normalized spacial score (nSPS) is 11.3. The number of hydrogen-bond acceptors (Lipinski definition) is 6. The van der Waals surface area contributed by atoms with Crippen LogP contribution in [-0.4, -0.2) is 26.4 Å². The molecule has 0 spiro atoms. The maximum atomic E-state index is 13.1. The van der Waals surface area contributed by atoms with E-state index in [1.54, 1.807) is 24.3 Å². The summed E-state index contributed by atoms with van der Waals surface area (Å²) in [4.78, 5) is 11.8. The third-order valence-corrected chi connectivity index (χ3v) is 4.94. The van der Waals surface area contributed by atoms with Gasteiger partial charge in [-0.25, -0.2) is 4.79 Å². The molecule has 0 fully saturated rings. The second-order valence-corrected chi connectivity index (χ2v) is 7.15. The molecule has 0 aliphatic carbocycles. The molecule has 34 heavy (non-hydrogen) atoms. The minimum Gasteiger partial charge on any atom is -0.497 e. The molecular weight excluding hydrogens is 453 g/mol. The minimum atomic E-state index is -5.21. The highest BCUT2D eigenvalue weighted by molar-refractivity contribution is 5.99. The van der Waals surface area contributed by atoms with Crippen LogP contribution < -0.4 is 18.9 Å². The van der Waals surface area contributed by atoms with E-state index in [4.69, 9.17) is 23.4 Å². The summed E-state index contributed by atoms with van der Waals surface area (Å²) < 4.78 is 66.3. The van der Waals surface area contributed by atoms with Gasteiger partial charge in [-0.2, -0.15) is 13.2 Å². The van der Waals surface area contributed by atoms with Crippen LogP contribution in [0.5, 0.6) is 23.0 Å². The number of ether oxygens (including phenoxy) is 4. The lowest BCUT2D eigenvalue weighted by atomic mass is 10.1. The molecule has 1 aromatic heterocycles. The van der Waals surface area contributed by atoms with Crippen molar-refractivity contribution in [3.05, 3.63) is 72.3 Å². The number of carbonyl (C=O) groups is 1. The molecular formula is C25H19F3O6. The molecule has 4 rings (SSSR count). The first-order valence-electron chi connectivity index (χ1n) is 10.0. The van der Waals surface area contributed by atoms with E-state index in [0.29, 0.717) is 17.1 Å². The van der Waals surface area contributed by atoms with Crippen LogP contribution in [0.3, 0.4) is 0 Å². The molecule has 0 radical (unpaired) electrons. The van der Waals surface area contributed by atoms with Crippen molar-refractivity contribution in [3.63, 3.8) is 0 Å². The number of fused-ring (bicyclic) bond motifs is 1. The highest BCUT2D eigenvalue weighted by atomic mass is 19.4. The number of methoxy groups -OCH3 is 2. The topological polar surface area (TPSA) is 67.1 Å². The van der Waals surface area contributed by atoms with Gasteiger partial charge in [0.05, 0.1) is 14.2 Å². The molecule has 0 bridgehead atoms. The van der Waals surface area contributed by atoms with Crippen LogP contribution in [0.25, 0.3) is 22.3 Å². The first-order chi connectivity index (χ1) is 16.3. The molecule has 4 aromatic rings. The molecule has 0 amide bonds. The van der Waals surface area contributed by atoms with E-state index in [-0.39, 0.29) is 29.1 Å². The predicted molar refractivity (Wildman–Crippen MR) is 117 cm³/mol. The Hall–Kier alpha value is -4.14. The zero-order valence-electron chi connectivity index (χ0n) is 18.1. The number of esters is 1. The summed E-state index contributed by atoms with van der Waals surface area (Å²) in [6.07, 6.45) is -5.21. The van der Waals surface area contributed by atoms with Gasteiger partial charge in [0.2, 0.25) is 0 Å². The number of benzene rings is 3. The average Bonchev–Trinajstić information content (AvgIpc) is 3.20. The number of furan rings is 1. The lowest BCUT2D eigenvalue weighted by Gasteiger charge is -2.12. The first kappa shape index (κ1) is 23.0. The van der Waals surface area contributed by atoms with Gasteiger partial charge in [0.15, 0.2) is 11.5 Å².